The van der Waals surface area contributed by atoms with E-state index in [1.165, 1.54) is 0 Å². The van der Waals surface area contributed by atoms with Crippen LogP contribution in [0.2, 0.25) is 0 Å². The molecule has 0 saturated heterocycles. The van der Waals surface area contributed by atoms with E-state index in [9.17, 15) is 4.79 Å². The molecule has 0 spiro atoms. The first-order valence-electron chi connectivity index (χ1n) is 4.70. The van der Waals surface area contributed by atoms with Crippen molar-refractivity contribution in [2.45, 2.75) is 13.5 Å². The van der Waals surface area contributed by atoms with Gasteiger partial charge in [-0.05, 0) is 12.5 Å². The van der Waals surface area contributed by atoms with E-state index in [2.05, 4.69) is 10.3 Å². The fourth-order valence-electron chi connectivity index (χ4n) is 1.39. The molecule has 0 aliphatic rings. The SMILES string of the molecule is Cc1c(C=O)nnn1Cc1ccccc1. The van der Waals surface area contributed by atoms with Gasteiger partial charge in [0.15, 0.2) is 6.29 Å². The Labute approximate surface area is 87.5 Å². The second-order valence-electron chi connectivity index (χ2n) is 3.32. The van der Waals surface area contributed by atoms with Gasteiger partial charge in [-0.15, -0.1) is 5.10 Å². The molecule has 0 saturated carbocycles. The largest absolute Gasteiger partial charge is 0.296 e. The molecule has 0 amide bonds. The van der Waals surface area contributed by atoms with Gasteiger partial charge in [-0.3, -0.25) is 4.79 Å². The Bertz CT molecular complexity index is 462. The zero-order valence-electron chi connectivity index (χ0n) is 8.42. The van der Waals surface area contributed by atoms with Crippen molar-refractivity contribution in [3.8, 4) is 0 Å². The maximum Gasteiger partial charge on any atom is 0.172 e. The highest BCUT2D eigenvalue weighted by Gasteiger charge is 2.06. The van der Waals surface area contributed by atoms with Gasteiger partial charge in [-0.1, -0.05) is 35.5 Å². The van der Waals surface area contributed by atoms with Gasteiger partial charge in [0.05, 0.1) is 12.2 Å². The molecule has 15 heavy (non-hydrogen) atoms. The topological polar surface area (TPSA) is 47.8 Å². The lowest BCUT2D eigenvalue weighted by Crippen LogP contribution is -2.04. The maximum atomic E-state index is 10.6. The smallest absolute Gasteiger partial charge is 0.172 e. The van der Waals surface area contributed by atoms with E-state index in [0.29, 0.717) is 12.2 Å². The molecule has 0 N–H and O–H groups in total. The van der Waals surface area contributed by atoms with E-state index in [1.807, 2.05) is 37.3 Å². The van der Waals surface area contributed by atoms with Gasteiger partial charge in [0.25, 0.3) is 0 Å². The number of carbonyl (C=O) groups is 1. The molecular weight excluding hydrogens is 190 g/mol. The third kappa shape index (κ3) is 1.93. The lowest BCUT2D eigenvalue weighted by Gasteiger charge is -2.02. The van der Waals surface area contributed by atoms with Crippen molar-refractivity contribution in [1.82, 2.24) is 15.0 Å². The van der Waals surface area contributed by atoms with Crippen LogP contribution in [-0.2, 0) is 6.54 Å². The van der Waals surface area contributed by atoms with Crippen LogP contribution in [0.3, 0.4) is 0 Å². The summed E-state index contributed by atoms with van der Waals surface area (Å²) in [5, 5.41) is 7.69. The minimum Gasteiger partial charge on any atom is -0.296 e. The van der Waals surface area contributed by atoms with Gasteiger partial charge in [0.2, 0.25) is 0 Å². The monoisotopic (exact) mass is 201 g/mol. The predicted molar refractivity (Wildman–Crippen MR) is 55.7 cm³/mol. The summed E-state index contributed by atoms with van der Waals surface area (Å²) in [5.74, 6) is 0. The van der Waals surface area contributed by atoms with Crippen LogP contribution in [0, 0.1) is 6.92 Å². The lowest BCUT2D eigenvalue weighted by molar-refractivity contribution is 0.111. The third-order valence-electron chi connectivity index (χ3n) is 2.31. The molecule has 0 radical (unpaired) electrons. The Morgan fingerprint density at radius 2 is 2.07 bits per heavy atom. The van der Waals surface area contributed by atoms with Gasteiger partial charge in [0.1, 0.15) is 5.69 Å². The van der Waals surface area contributed by atoms with E-state index in [1.54, 1.807) is 4.68 Å². The number of benzene rings is 1. The zero-order chi connectivity index (χ0) is 10.7. The molecule has 0 aliphatic carbocycles. The first kappa shape index (κ1) is 9.58. The fourth-order valence-corrected chi connectivity index (χ4v) is 1.39. The number of rotatable bonds is 3. The van der Waals surface area contributed by atoms with Gasteiger partial charge in [-0.2, -0.15) is 0 Å². The van der Waals surface area contributed by atoms with Gasteiger partial charge >= 0.3 is 0 Å². The highest BCUT2D eigenvalue weighted by molar-refractivity contribution is 5.72. The number of hydrogen-bond donors (Lipinski definition) is 0. The van der Waals surface area contributed by atoms with Crippen LogP contribution in [0.15, 0.2) is 30.3 Å². The number of aromatic nitrogens is 3. The Morgan fingerprint density at radius 3 is 2.67 bits per heavy atom. The fraction of sp³-hybridized carbons (Fsp3) is 0.182. The summed E-state index contributed by atoms with van der Waals surface area (Å²) >= 11 is 0. The van der Waals surface area contributed by atoms with Crippen molar-refractivity contribution in [3.05, 3.63) is 47.3 Å². The van der Waals surface area contributed by atoms with E-state index in [0.717, 1.165) is 17.5 Å². The molecule has 2 aromatic rings. The Morgan fingerprint density at radius 1 is 1.33 bits per heavy atom. The maximum absolute atomic E-state index is 10.6. The van der Waals surface area contributed by atoms with Crippen molar-refractivity contribution in [1.29, 1.82) is 0 Å². The van der Waals surface area contributed by atoms with Gasteiger partial charge in [-0.25, -0.2) is 4.68 Å². The zero-order valence-corrected chi connectivity index (χ0v) is 8.42. The first-order chi connectivity index (χ1) is 7.31. The first-order valence-corrected chi connectivity index (χ1v) is 4.70. The number of hydrogen-bond acceptors (Lipinski definition) is 3. The highest BCUT2D eigenvalue weighted by Crippen LogP contribution is 2.05. The minimum absolute atomic E-state index is 0.408. The molecule has 0 unspecified atom stereocenters. The Balaban J connectivity index is 2.25. The van der Waals surface area contributed by atoms with Crippen LogP contribution in [0.5, 0.6) is 0 Å². The van der Waals surface area contributed by atoms with E-state index in [4.69, 9.17) is 0 Å². The van der Waals surface area contributed by atoms with Crippen LogP contribution in [0.1, 0.15) is 21.7 Å². The van der Waals surface area contributed by atoms with Crippen LogP contribution in [0.4, 0.5) is 0 Å². The van der Waals surface area contributed by atoms with Crippen molar-refractivity contribution >= 4 is 6.29 Å². The van der Waals surface area contributed by atoms with Crippen LogP contribution < -0.4 is 0 Å². The summed E-state index contributed by atoms with van der Waals surface area (Å²) in [6, 6.07) is 9.95. The number of aldehydes is 1. The van der Waals surface area contributed by atoms with Crippen LogP contribution >= 0.6 is 0 Å². The Kier molecular flexibility index (Phi) is 2.58. The van der Waals surface area contributed by atoms with E-state index >= 15 is 0 Å². The predicted octanol–water partition coefficient (Wildman–Crippen LogP) is 1.45. The normalized spacial score (nSPS) is 10.2. The van der Waals surface area contributed by atoms with E-state index < -0.39 is 0 Å². The van der Waals surface area contributed by atoms with Gasteiger partial charge < -0.3 is 0 Å². The standard InChI is InChI=1S/C11H11N3O/c1-9-11(8-15)12-13-14(9)7-10-5-3-2-4-6-10/h2-6,8H,7H2,1H3. The average Bonchev–Trinajstić information content (AvgIpc) is 2.62. The molecule has 0 fully saturated rings. The van der Waals surface area contributed by atoms with Crippen molar-refractivity contribution in [2.75, 3.05) is 0 Å². The molecule has 76 valence electrons. The summed E-state index contributed by atoms with van der Waals surface area (Å²) in [6.07, 6.45) is 0.726. The molecule has 1 aromatic heterocycles. The Hall–Kier alpha value is -1.97. The van der Waals surface area contributed by atoms with E-state index in [-0.39, 0.29) is 0 Å². The summed E-state index contributed by atoms with van der Waals surface area (Å²) in [5.41, 5.74) is 2.35. The molecule has 4 nitrogen and oxygen atoms in total. The van der Waals surface area contributed by atoms with Gasteiger partial charge in [0, 0.05) is 0 Å². The molecule has 1 aromatic carbocycles. The minimum atomic E-state index is 0.408. The average molecular weight is 201 g/mol. The molecule has 0 bridgehead atoms. The number of carbonyl (C=O) groups excluding carboxylic acids is 1. The molecular formula is C11H11N3O. The molecule has 2 rings (SSSR count). The summed E-state index contributed by atoms with van der Waals surface area (Å²) < 4.78 is 1.72. The number of nitrogens with zero attached hydrogens (tertiary/aromatic N) is 3. The third-order valence-corrected chi connectivity index (χ3v) is 2.31. The van der Waals surface area contributed by atoms with Crippen LogP contribution in [0.25, 0.3) is 0 Å². The second-order valence-corrected chi connectivity index (χ2v) is 3.32. The second kappa shape index (κ2) is 4.04. The quantitative estimate of drug-likeness (QED) is 0.706. The van der Waals surface area contributed by atoms with Crippen molar-refractivity contribution < 1.29 is 4.79 Å². The summed E-state index contributed by atoms with van der Waals surface area (Å²) in [7, 11) is 0. The molecule has 0 atom stereocenters. The van der Waals surface area contributed by atoms with Crippen molar-refractivity contribution in [3.63, 3.8) is 0 Å². The summed E-state index contributed by atoms with van der Waals surface area (Å²) in [4.78, 5) is 10.6. The molecule has 0 aliphatic heterocycles. The lowest BCUT2D eigenvalue weighted by atomic mass is 10.2. The van der Waals surface area contributed by atoms with Crippen LogP contribution in [-0.4, -0.2) is 21.3 Å². The van der Waals surface area contributed by atoms with Crippen molar-refractivity contribution in [2.24, 2.45) is 0 Å². The molecule has 1 heterocycles. The summed E-state index contributed by atoms with van der Waals surface area (Å²) in [6.45, 7) is 2.49. The highest BCUT2D eigenvalue weighted by atomic mass is 16.1. The molecule has 4 heteroatoms.